The highest BCUT2D eigenvalue weighted by atomic mass is 15.0. The number of benzene rings is 12. The van der Waals surface area contributed by atoms with Gasteiger partial charge in [-0.25, -0.2) is 4.99 Å². The van der Waals surface area contributed by atoms with Gasteiger partial charge in [-0.15, -0.1) is 0 Å². The van der Waals surface area contributed by atoms with Crippen LogP contribution in [0.3, 0.4) is 0 Å². The summed E-state index contributed by atoms with van der Waals surface area (Å²) in [5.74, 6) is 0.792. The number of nitrogens with one attached hydrogen (secondary N) is 2. The average molecular weight is 1090 g/mol. The number of rotatable bonds is 14. The Balaban J connectivity index is 1.06. The predicted octanol–water partition coefficient (Wildman–Crippen LogP) is 21.1. The van der Waals surface area contributed by atoms with E-state index in [0.717, 1.165) is 124 Å². The Hall–Kier alpha value is -10.5. The van der Waals surface area contributed by atoms with Gasteiger partial charge in [-0.2, -0.15) is 0 Å². The second-order valence-electron chi connectivity index (χ2n) is 22.0. The van der Waals surface area contributed by atoms with Crippen molar-refractivity contribution in [2.24, 2.45) is 4.99 Å². The molecule has 3 heteroatoms. The zero-order valence-corrected chi connectivity index (χ0v) is 48.2. The minimum atomic E-state index is -0.763. The third-order valence-corrected chi connectivity index (χ3v) is 16.8. The number of amidine groups is 2. The fourth-order valence-electron chi connectivity index (χ4n) is 12.8. The summed E-state index contributed by atoms with van der Waals surface area (Å²) in [6.07, 6.45) is 4.12. The van der Waals surface area contributed by atoms with Crippen molar-refractivity contribution in [2.45, 2.75) is 32.1 Å². The van der Waals surface area contributed by atoms with Crippen LogP contribution in [0.5, 0.6) is 0 Å². The van der Waals surface area contributed by atoms with Crippen LogP contribution >= 0.6 is 0 Å². The second-order valence-corrected chi connectivity index (χ2v) is 22.0. The maximum absolute atomic E-state index is 10.1. The highest BCUT2D eigenvalue weighted by Crippen LogP contribution is 2.58. The molecule has 12 aromatic carbocycles. The number of allylic oxidation sites excluding steroid dienone is 2. The van der Waals surface area contributed by atoms with Gasteiger partial charge in [0.05, 0.1) is 5.41 Å². The van der Waals surface area contributed by atoms with Gasteiger partial charge in [0, 0.05) is 18.2 Å². The predicted molar refractivity (Wildman–Crippen MR) is 359 cm³/mol. The molecule has 0 saturated heterocycles. The zero-order valence-electron chi connectivity index (χ0n) is 48.2. The Bertz CT molecular complexity index is 4130. The summed E-state index contributed by atoms with van der Waals surface area (Å²) in [4.78, 5) is 5.22. The van der Waals surface area contributed by atoms with Crippen LogP contribution in [-0.4, -0.2) is 18.7 Å². The van der Waals surface area contributed by atoms with Gasteiger partial charge in [0.25, 0.3) is 0 Å². The Morgan fingerprint density at radius 1 is 0.353 bits per heavy atom. The molecule has 85 heavy (non-hydrogen) atoms. The molecule has 0 spiro atoms. The van der Waals surface area contributed by atoms with E-state index in [4.69, 9.17) is 4.99 Å². The molecule has 0 radical (unpaired) electrons. The van der Waals surface area contributed by atoms with E-state index in [1.165, 1.54) is 22.3 Å². The van der Waals surface area contributed by atoms with E-state index in [2.05, 4.69) is 310 Å². The third-order valence-electron chi connectivity index (χ3n) is 16.8. The van der Waals surface area contributed by atoms with Gasteiger partial charge in [-0.1, -0.05) is 244 Å². The van der Waals surface area contributed by atoms with Gasteiger partial charge < -0.3 is 5.32 Å². The highest BCUT2D eigenvalue weighted by Gasteiger charge is 2.47. The molecule has 1 aliphatic carbocycles. The van der Waals surface area contributed by atoms with E-state index in [9.17, 15) is 5.41 Å². The van der Waals surface area contributed by atoms with Crippen LogP contribution in [-0.2, 0) is 5.41 Å². The first-order valence-electron chi connectivity index (χ1n) is 29.6. The zero-order chi connectivity index (χ0) is 57.7. The molecular weight excluding hydrogens is 1030 g/mol. The summed E-state index contributed by atoms with van der Waals surface area (Å²) in [5, 5.41) is 13.5. The first kappa shape index (κ1) is 53.8. The molecule has 0 bridgehead atoms. The maximum Gasteiger partial charge on any atom is 0.154 e. The molecule has 2 N–H and O–H groups in total. The lowest BCUT2D eigenvalue weighted by molar-refractivity contribution is 0.707. The Kier molecular flexibility index (Phi) is 15.1. The fraction of sp³-hybridized carbons (Fsp3) is 0.0732. The summed E-state index contributed by atoms with van der Waals surface area (Å²) in [5.41, 5.74) is 26.2. The quantitative estimate of drug-likeness (QED) is 0.0636. The Labute approximate surface area is 500 Å². The van der Waals surface area contributed by atoms with Crippen LogP contribution in [0.4, 0.5) is 0 Å². The molecule has 0 fully saturated rings. The Morgan fingerprint density at radius 2 is 0.682 bits per heavy atom. The van der Waals surface area contributed by atoms with Crippen molar-refractivity contribution >= 4 is 11.7 Å². The van der Waals surface area contributed by atoms with E-state index in [-0.39, 0.29) is 5.84 Å². The van der Waals surface area contributed by atoms with Crippen LogP contribution in [0.15, 0.2) is 314 Å². The van der Waals surface area contributed by atoms with Crippen LogP contribution < -0.4 is 5.32 Å². The van der Waals surface area contributed by atoms with Crippen LogP contribution in [0, 0.1) is 5.41 Å². The number of fused-ring (bicyclic) bond motifs is 3. The molecule has 12 aromatic rings. The van der Waals surface area contributed by atoms with Crippen LogP contribution in [0.2, 0.25) is 0 Å². The van der Waals surface area contributed by atoms with Gasteiger partial charge >= 0.3 is 0 Å². The average Bonchev–Trinajstić information content (AvgIpc) is 1.63. The summed E-state index contributed by atoms with van der Waals surface area (Å²) in [7, 11) is 1.90. The molecule has 0 aliphatic heterocycles. The summed E-state index contributed by atoms with van der Waals surface area (Å²) < 4.78 is 0. The first-order chi connectivity index (χ1) is 41.9. The lowest BCUT2D eigenvalue weighted by atomic mass is 9.65. The lowest BCUT2D eigenvalue weighted by Crippen LogP contribution is -2.30. The van der Waals surface area contributed by atoms with Crippen molar-refractivity contribution < 1.29 is 0 Å². The summed E-state index contributed by atoms with van der Waals surface area (Å²) in [6.45, 7) is 4.56. The Morgan fingerprint density at radius 3 is 1.05 bits per heavy atom. The molecule has 3 nitrogen and oxygen atoms in total. The topological polar surface area (TPSA) is 48.2 Å². The number of hydrogen-bond donors (Lipinski definition) is 2. The summed E-state index contributed by atoms with van der Waals surface area (Å²) >= 11 is 0. The van der Waals surface area contributed by atoms with Gasteiger partial charge in [0.15, 0.2) is 5.84 Å². The minimum absolute atomic E-state index is 0.174. The molecule has 13 rings (SSSR count). The first-order valence-corrected chi connectivity index (χ1v) is 29.6. The molecule has 0 heterocycles. The highest BCUT2D eigenvalue weighted by molar-refractivity contribution is 6.11. The second kappa shape index (κ2) is 23.8. The van der Waals surface area contributed by atoms with Crippen molar-refractivity contribution in [3.8, 4) is 100 Å². The van der Waals surface area contributed by atoms with E-state index < -0.39 is 5.41 Å². The van der Waals surface area contributed by atoms with Crippen molar-refractivity contribution in [3.05, 3.63) is 337 Å². The normalized spacial score (nSPS) is 13.7. The van der Waals surface area contributed by atoms with Crippen LogP contribution in [0.25, 0.3) is 100 Å². The molecule has 0 aromatic heterocycles. The monoisotopic (exact) mass is 1090 g/mol. The van der Waals surface area contributed by atoms with Crippen molar-refractivity contribution in [2.75, 3.05) is 7.05 Å². The van der Waals surface area contributed by atoms with Gasteiger partial charge in [-0.05, 0) is 209 Å². The minimum Gasteiger partial charge on any atom is -0.373 e. The molecule has 1 atom stereocenters. The number of aliphatic imine (C=N–C) groups is 1. The SMILES string of the molecule is CC/C=C(\CC)C1(c2cc(-c3cc(-c4ccccc4)cc(-c4ccccc4)c3)cc(-c3cc(-c4ccccc4)cc(-c4ccccc4)c3)c2)c2ccccc2-c2ccc(C(=N)N=C(NC)c3cc(-c4ccccc4)cc(-c4ccccc4)c3)cc21. The maximum atomic E-state index is 10.1. The standard InChI is InChI=1S/C82H65N3/c1-4-26-74(5-2)82(78-40-25-24-39-76(78)77-42-41-62(55-79(77)82)80(83)85-81(84-3)73-51-67(60-35-20-10-21-36-60)45-68(52-73)61-37-22-11-23-38-61)75-53-71(69-46-63(56-27-12-6-13-28-56)43-64(47-69)57-29-14-7-15-30-57)50-72(54-75)70-48-65(58-31-16-8-17-32-58)44-66(49-70)59-33-18-9-19-34-59/h6-55H,4-5H2,1-3H3,(H2,83,84,85)/b74-26+. The molecule has 408 valence electrons. The van der Waals surface area contributed by atoms with E-state index in [0.29, 0.717) is 5.84 Å². The fourth-order valence-corrected chi connectivity index (χ4v) is 12.8. The lowest BCUT2D eigenvalue weighted by Gasteiger charge is -2.37. The smallest absolute Gasteiger partial charge is 0.154 e. The van der Waals surface area contributed by atoms with E-state index in [1.54, 1.807) is 0 Å². The molecule has 0 saturated carbocycles. The van der Waals surface area contributed by atoms with E-state index >= 15 is 0 Å². The van der Waals surface area contributed by atoms with Crippen molar-refractivity contribution in [1.29, 1.82) is 5.41 Å². The van der Waals surface area contributed by atoms with Gasteiger partial charge in [0.2, 0.25) is 0 Å². The third kappa shape index (κ3) is 10.6. The van der Waals surface area contributed by atoms with Gasteiger partial charge in [-0.3, -0.25) is 5.41 Å². The number of nitrogens with zero attached hydrogens (tertiary/aromatic N) is 1. The van der Waals surface area contributed by atoms with Crippen molar-refractivity contribution in [3.63, 3.8) is 0 Å². The molecular formula is C82H65N3. The largest absolute Gasteiger partial charge is 0.373 e. The van der Waals surface area contributed by atoms with Crippen molar-refractivity contribution in [1.82, 2.24) is 5.32 Å². The van der Waals surface area contributed by atoms with E-state index in [1.807, 2.05) is 19.2 Å². The van der Waals surface area contributed by atoms with Crippen LogP contribution in [0.1, 0.15) is 54.5 Å². The molecule has 1 aliphatic rings. The summed E-state index contributed by atoms with van der Waals surface area (Å²) in [6, 6.07) is 108. The molecule has 1 unspecified atom stereocenters. The molecule has 0 amide bonds. The number of hydrogen-bond acceptors (Lipinski definition) is 1. The van der Waals surface area contributed by atoms with Gasteiger partial charge in [0.1, 0.15) is 5.84 Å².